The lowest BCUT2D eigenvalue weighted by atomic mass is 9.83. The summed E-state index contributed by atoms with van der Waals surface area (Å²) in [6.07, 6.45) is 12.7. The number of nitrogens with two attached hydrogens (primary N) is 1. The average Bonchev–Trinajstić information content (AvgIpc) is 2.83. The first-order valence-corrected chi connectivity index (χ1v) is 8.71. The molecule has 2 saturated carbocycles. The summed E-state index contributed by atoms with van der Waals surface area (Å²) in [7, 11) is 0. The molecule has 3 unspecified atom stereocenters. The summed E-state index contributed by atoms with van der Waals surface area (Å²) in [6.45, 7) is 2.31. The second kappa shape index (κ2) is 7.04. The molecule has 3 atom stereocenters. The van der Waals surface area contributed by atoms with Gasteiger partial charge in [-0.05, 0) is 49.7 Å². The van der Waals surface area contributed by atoms with Gasteiger partial charge in [-0.3, -0.25) is 0 Å². The molecule has 0 heterocycles. The summed E-state index contributed by atoms with van der Waals surface area (Å²) in [4.78, 5) is 0. The van der Waals surface area contributed by atoms with E-state index in [4.69, 9.17) is 5.73 Å². The topological polar surface area (TPSA) is 26.0 Å². The molecule has 0 bridgehead atoms. The zero-order valence-corrected chi connectivity index (χ0v) is 12.2. The van der Waals surface area contributed by atoms with E-state index in [1.165, 1.54) is 63.5 Å². The first-order valence-electron chi connectivity index (χ1n) is 7.66. The van der Waals surface area contributed by atoms with Gasteiger partial charge in [-0.15, -0.1) is 0 Å². The Morgan fingerprint density at radius 1 is 1.06 bits per heavy atom. The maximum atomic E-state index is 6.30. The van der Waals surface area contributed by atoms with E-state index in [0.29, 0.717) is 6.04 Å². The molecule has 2 aliphatic rings. The second-order valence-electron chi connectivity index (χ2n) is 6.15. The number of hydrogen-bond acceptors (Lipinski definition) is 2. The van der Waals surface area contributed by atoms with E-state index in [2.05, 4.69) is 18.7 Å². The molecule has 0 radical (unpaired) electrons. The van der Waals surface area contributed by atoms with Crippen LogP contribution < -0.4 is 5.73 Å². The van der Waals surface area contributed by atoms with Crippen LogP contribution in [0.3, 0.4) is 0 Å². The fourth-order valence-electron chi connectivity index (χ4n) is 3.53. The van der Waals surface area contributed by atoms with Crippen molar-refractivity contribution in [2.45, 2.75) is 76.0 Å². The highest BCUT2D eigenvalue weighted by Crippen LogP contribution is 2.37. The standard InChI is InChI=1S/C15H29NS/c1-2-5-12-8-9-14(16)15(10-12)17-11-13-6-3-4-7-13/h12-15H,2-11,16H2,1H3. The largest absolute Gasteiger partial charge is 0.327 e. The third-order valence-corrected chi connectivity index (χ3v) is 6.30. The van der Waals surface area contributed by atoms with E-state index in [-0.39, 0.29) is 0 Å². The normalized spacial score (nSPS) is 35.3. The van der Waals surface area contributed by atoms with Crippen LogP contribution >= 0.6 is 11.8 Å². The predicted molar refractivity (Wildman–Crippen MR) is 78.4 cm³/mol. The summed E-state index contributed by atoms with van der Waals surface area (Å²) < 4.78 is 0. The van der Waals surface area contributed by atoms with Gasteiger partial charge in [0.15, 0.2) is 0 Å². The average molecular weight is 255 g/mol. The van der Waals surface area contributed by atoms with E-state index in [9.17, 15) is 0 Å². The molecule has 100 valence electrons. The fourth-order valence-corrected chi connectivity index (χ4v) is 5.18. The smallest absolute Gasteiger partial charge is 0.0201 e. The lowest BCUT2D eigenvalue weighted by Gasteiger charge is -2.34. The SMILES string of the molecule is CCCC1CCC(N)C(SCC2CCCC2)C1. The van der Waals surface area contributed by atoms with Crippen molar-refractivity contribution in [2.75, 3.05) is 5.75 Å². The third-order valence-electron chi connectivity index (χ3n) is 4.67. The molecule has 2 fully saturated rings. The van der Waals surface area contributed by atoms with Gasteiger partial charge < -0.3 is 5.73 Å². The van der Waals surface area contributed by atoms with Crippen molar-refractivity contribution in [3.63, 3.8) is 0 Å². The number of thioether (sulfide) groups is 1. The second-order valence-corrected chi connectivity index (χ2v) is 7.43. The summed E-state index contributed by atoms with van der Waals surface area (Å²) in [5, 5.41) is 0.765. The van der Waals surface area contributed by atoms with E-state index in [1.54, 1.807) is 0 Å². The molecule has 0 aromatic carbocycles. The van der Waals surface area contributed by atoms with Gasteiger partial charge in [-0.2, -0.15) is 11.8 Å². The van der Waals surface area contributed by atoms with Gasteiger partial charge in [0.2, 0.25) is 0 Å². The van der Waals surface area contributed by atoms with Gasteiger partial charge >= 0.3 is 0 Å². The molecule has 0 amide bonds. The molecule has 17 heavy (non-hydrogen) atoms. The van der Waals surface area contributed by atoms with E-state index < -0.39 is 0 Å². The van der Waals surface area contributed by atoms with Crippen molar-refractivity contribution < 1.29 is 0 Å². The molecule has 0 spiro atoms. The first kappa shape index (κ1) is 13.7. The van der Waals surface area contributed by atoms with Crippen molar-refractivity contribution in [1.82, 2.24) is 0 Å². The van der Waals surface area contributed by atoms with Crippen molar-refractivity contribution in [3.05, 3.63) is 0 Å². The molecule has 2 aliphatic carbocycles. The molecule has 0 aliphatic heterocycles. The van der Waals surface area contributed by atoms with Gasteiger partial charge in [-0.1, -0.05) is 32.6 Å². The van der Waals surface area contributed by atoms with Crippen LogP contribution in [-0.4, -0.2) is 17.0 Å². The Balaban J connectivity index is 1.72. The highest BCUT2D eigenvalue weighted by molar-refractivity contribution is 7.99. The van der Waals surface area contributed by atoms with Gasteiger partial charge in [0.25, 0.3) is 0 Å². The molecule has 0 saturated heterocycles. The minimum Gasteiger partial charge on any atom is -0.327 e. The Kier molecular flexibility index (Phi) is 5.68. The molecule has 2 heteroatoms. The van der Waals surface area contributed by atoms with Gasteiger partial charge in [-0.25, -0.2) is 0 Å². The molecule has 2 rings (SSSR count). The highest BCUT2D eigenvalue weighted by Gasteiger charge is 2.29. The zero-order valence-electron chi connectivity index (χ0n) is 11.4. The minimum atomic E-state index is 0.481. The fraction of sp³-hybridized carbons (Fsp3) is 1.00. The van der Waals surface area contributed by atoms with Crippen LogP contribution in [0, 0.1) is 11.8 Å². The minimum absolute atomic E-state index is 0.481. The van der Waals surface area contributed by atoms with Crippen LogP contribution in [0.1, 0.15) is 64.7 Å². The summed E-state index contributed by atoms with van der Waals surface area (Å²) in [5.41, 5.74) is 6.30. The zero-order chi connectivity index (χ0) is 12.1. The molecule has 0 aromatic rings. The maximum Gasteiger partial charge on any atom is 0.0201 e. The Bertz CT molecular complexity index is 213. The van der Waals surface area contributed by atoms with Gasteiger partial charge in [0.05, 0.1) is 0 Å². The van der Waals surface area contributed by atoms with Crippen LogP contribution in [0.5, 0.6) is 0 Å². The van der Waals surface area contributed by atoms with Crippen LogP contribution in [0.2, 0.25) is 0 Å². The van der Waals surface area contributed by atoms with Crippen molar-refractivity contribution in [3.8, 4) is 0 Å². The Morgan fingerprint density at radius 3 is 2.53 bits per heavy atom. The summed E-state index contributed by atoms with van der Waals surface area (Å²) in [6, 6.07) is 0.481. The lowest BCUT2D eigenvalue weighted by Crippen LogP contribution is -2.38. The van der Waals surface area contributed by atoms with Crippen molar-refractivity contribution >= 4 is 11.8 Å². The lowest BCUT2D eigenvalue weighted by molar-refractivity contribution is 0.316. The quantitative estimate of drug-likeness (QED) is 0.796. The first-order chi connectivity index (χ1) is 8.29. The Hall–Kier alpha value is 0.310. The summed E-state index contributed by atoms with van der Waals surface area (Å²) in [5.74, 6) is 3.37. The van der Waals surface area contributed by atoms with E-state index in [0.717, 1.165) is 17.1 Å². The van der Waals surface area contributed by atoms with Gasteiger partial charge in [0, 0.05) is 11.3 Å². The highest BCUT2D eigenvalue weighted by atomic mass is 32.2. The predicted octanol–water partition coefficient (Wildman–Crippen LogP) is 4.21. The molecule has 1 nitrogen and oxygen atoms in total. The molecular formula is C15H29NS. The number of rotatable bonds is 5. The van der Waals surface area contributed by atoms with Gasteiger partial charge in [0.1, 0.15) is 0 Å². The van der Waals surface area contributed by atoms with E-state index >= 15 is 0 Å². The van der Waals surface area contributed by atoms with Crippen LogP contribution in [0.25, 0.3) is 0 Å². The molecule has 0 aromatic heterocycles. The maximum absolute atomic E-state index is 6.30. The van der Waals surface area contributed by atoms with Crippen LogP contribution in [0.15, 0.2) is 0 Å². The summed E-state index contributed by atoms with van der Waals surface area (Å²) >= 11 is 2.21. The Morgan fingerprint density at radius 2 is 1.82 bits per heavy atom. The monoisotopic (exact) mass is 255 g/mol. The third kappa shape index (κ3) is 4.17. The number of hydrogen-bond donors (Lipinski definition) is 1. The molecule has 2 N–H and O–H groups in total. The Labute approximate surface area is 111 Å². The van der Waals surface area contributed by atoms with Crippen molar-refractivity contribution in [2.24, 2.45) is 17.6 Å². The molecular weight excluding hydrogens is 226 g/mol. The van der Waals surface area contributed by atoms with Crippen LogP contribution in [0.4, 0.5) is 0 Å². The van der Waals surface area contributed by atoms with Crippen molar-refractivity contribution in [1.29, 1.82) is 0 Å². The van der Waals surface area contributed by atoms with Crippen LogP contribution in [-0.2, 0) is 0 Å². The van der Waals surface area contributed by atoms with E-state index in [1.807, 2.05) is 0 Å².